The van der Waals surface area contributed by atoms with Crippen molar-refractivity contribution in [1.82, 2.24) is 14.5 Å². The van der Waals surface area contributed by atoms with Gasteiger partial charge < -0.3 is 24.4 Å². The molecule has 1 aromatic carbocycles. The van der Waals surface area contributed by atoms with Crippen molar-refractivity contribution >= 4 is 28.2 Å². The first-order valence-electron chi connectivity index (χ1n) is 13.7. The Balaban J connectivity index is 1.31. The molecule has 10 heteroatoms. The minimum atomic E-state index is -0.648. The van der Waals surface area contributed by atoms with Crippen LogP contribution in [0.3, 0.4) is 0 Å². The molecule has 0 radical (unpaired) electrons. The lowest BCUT2D eigenvalue weighted by molar-refractivity contribution is -0.119. The van der Waals surface area contributed by atoms with Crippen LogP contribution in [0.4, 0.5) is 11.4 Å². The van der Waals surface area contributed by atoms with E-state index >= 15 is 0 Å². The molecular formula is C29H35N5O5. The van der Waals surface area contributed by atoms with Gasteiger partial charge in [-0.1, -0.05) is 0 Å². The summed E-state index contributed by atoms with van der Waals surface area (Å²) in [5, 5.41) is 3.53. The maximum Gasteiger partial charge on any atom is 0.261 e. The minimum Gasteiger partial charge on any atom is -0.382 e. The summed E-state index contributed by atoms with van der Waals surface area (Å²) in [4.78, 5) is 38.0. The van der Waals surface area contributed by atoms with Crippen molar-refractivity contribution in [3.8, 4) is 0 Å². The lowest BCUT2D eigenvalue weighted by atomic mass is 9.90. The Hall–Kier alpha value is -3.34. The fourth-order valence-corrected chi connectivity index (χ4v) is 5.77. The maximum absolute atomic E-state index is 13.8. The normalized spacial score (nSPS) is 22.3. The number of hydrogen-bond donors (Lipinski definition) is 1. The van der Waals surface area contributed by atoms with Crippen LogP contribution in [0.5, 0.6) is 0 Å². The van der Waals surface area contributed by atoms with Crippen LogP contribution in [-0.2, 0) is 37.4 Å². The Labute approximate surface area is 227 Å². The highest BCUT2D eigenvalue weighted by molar-refractivity contribution is 6.04. The number of pyridine rings is 1. The number of aryl methyl sites for hydroxylation is 1. The van der Waals surface area contributed by atoms with E-state index in [0.717, 1.165) is 48.6 Å². The van der Waals surface area contributed by atoms with Gasteiger partial charge in [0.15, 0.2) is 0 Å². The molecule has 6 rings (SSSR count). The average Bonchev–Trinajstić information content (AvgIpc) is 3.54. The number of benzene rings is 1. The molecule has 2 aromatic heterocycles. The van der Waals surface area contributed by atoms with Crippen molar-refractivity contribution in [3.63, 3.8) is 0 Å². The zero-order valence-corrected chi connectivity index (χ0v) is 22.7. The van der Waals surface area contributed by atoms with E-state index in [2.05, 4.69) is 15.2 Å². The number of carbonyl (C=O) groups is 1. The first-order valence-corrected chi connectivity index (χ1v) is 13.7. The lowest BCUT2D eigenvalue weighted by Gasteiger charge is -2.34. The van der Waals surface area contributed by atoms with E-state index < -0.39 is 5.41 Å². The van der Waals surface area contributed by atoms with Gasteiger partial charge in [0.05, 0.1) is 47.0 Å². The zero-order chi connectivity index (χ0) is 27.1. The molecule has 0 saturated carbocycles. The third-order valence-electron chi connectivity index (χ3n) is 8.02. The summed E-state index contributed by atoms with van der Waals surface area (Å²) >= 11 is 0. The number of methoxy groups -OCH3 is 1. The highest BCUT2D eigenvalue weighted by Crippen LogP contribution is 2.36. The predicted octanol–water partition coefficient (Wildman–Crippen LogP) is 2.97. The Bertz CT molecular complexity index is 1460. The summed E-state index contributed by atoms with van der Waals surface area (Å²) in [6.07, 6.45) is 3.96. The van der Waals surface area contributed by atoms with Crippen molar-refractivity contribution in [2.24, 2.45) is 0 Å². The number of rotatable bonds is 7. The molecule has 0 spiro atoms. The molecule has 5 heterocycles. The molecule has 206 valence electrons. The summed E-state index contributed by atoms with van der Waals surface area (Å²) < 4.78 is 18.8. The molecule has 2 saturated heterocycles. The number of nitrogens with one attached hydrogen (secondary N) is 1. The van der Waals surface area contributed by atoms with Gasteiger partial charge in [0.25, 0.3) is 5.56 Å². The molecule has 0 bridgehead atoms. The number of fused-ring (bicyclic) bond motifs is 2. The zero-order valence-electron chi connectivity index (χ0n) is 22.7. The number of nitrogens with zero attached hydrogens (tertiary/aromatic N) is 4. The second kappa shape index (κ2) is 10.3. The highest BCUT2D eigenvalue weighted by Gasteiger charge is 2.39. The van der Waals surface area contributed by atoms with Crippen LogP contribution in [0.2, 0.25) is 0 Å². The summed E-state index contributed by atoms with van der Waals surface area (Å²) in [6.45, 7) is 7.52. The fraction of sp³-hybridized carbons (Fsp3) is 0.517. The number of hydrogen-bond acceptors (Lipinski definition) is 8. The Morgan fingerprint density at radius 1 is 1.18 bits per heavy atom. The van der Waals surface area contributed by atoms with Gasteiger partial charge in [0, 0.05) is 45.2 Å². The van der Waals surface area contributed by atoms with E-state index in [1.54, 1.807) is 17.9 Å². The molecule has 2 atom stereocenters. The first-order chi connectivity index (χ1) is 18.8. The first kappa shape index (κ1) is 25.9. The molecule has 3 aromatic rings. The van der Waals surface area contributed by atoms with Gasteiger partial charge in [-0.05, 0) is 62.9 Å². The maximum atomic E-state index is 13.8. The summed E-state index contributed by atoms with van der Waals surface area (Å²) in [5.41, 5.74) is 3.43. The van der Waals surface area contributed by atoms with E-state index in [-0.39, 0.29) is 23.7 Å². The van der Waals surface area contributed by atoms with Crippen LogP contribution >= 0.6 is 0 Å². The lowest BCUT2D eigenvalue weighted by Crippen LogP contribution is -2.44. The number of morpholine rings is 1. The topological polar surface area (TPSA) is 108 Å². The quantitative estimate of drug-likeness (QED) is 0.494. The van der Waals surface area contributed by atoms with Crippen molar-refractivity contribution in [1.29, 1.82) is 0 Å². The van der Waals surface area contributed by atoms with Crippen LogP contribution in [-0.4, -0.2) is 66.6 Å². The molecule has 0 aliphatic carbocycles. The summed E-state index contributed by atoms with van der Waals surface area (Å²) in [6, 6.07) is 7.84. The molecule has 1 N–H and O–H groups in total. The number of amides is 1. The van der Waals surface area contributed by atoms with E-state index in [1.807, 2.05) is 38.1 Å². The molecule has 2 fully saturated rings. The summed E-state index contributed by atoms with van der Waals surface area (Å²) in [7, 11) is 1.68. The van der Waals surface area contributed by atoms with Crippen LogP contribution < -0.4 is 15.8 Å². The van der Waals surface area contributed by atoms with Crippen LogP contribution in [0.1, 0.15) is 49.9 Å². The van der Waals surface area contributed by atoms with Gasteiger partial charge in [0.2, 0.25) is 5.91 Å². The monoisotopic (exact) mass is 533 g/mol. The molecule has 1 amide bonds. The molecule has 3 aliphatic rings. The number of carbonyl (C=O) groups excluding carboxylic acids is 1. The SMILES string of the molecule is COC[C@H]1CN(c2ccc3c(=O)n(CCc4cnc5c(c4)NC(=O)C5(C)C)c([C@H]4CCCO4)nc3c2)CCO1. The van der Waals surface area contributed by atoms with Crippen molar-refractivity contribution < 1.29 is 19.0 Å². The van der Waals surface area contributed by atoms with Crippen molar-refractivity contribution in [2.75, 3.05) is 50.2 Å². The second-order valence-corrected chi connectivity index (χ2v) is 11.1. The molecule has 10 nitrogen and oxygen atoms in total. The fourth-order valence-electron chi connectivity index (χ4n) is 5.77. The van der Waals surface area contributed by atoms with E-state index in [1.165, 1.54) is 0 Å². The Morgan fingerprint density at radius 2 is 2.05 bits per heavy atom. The van der Waals surface area contributed by atoms with E-state index in [0.29, 0.717) is 49.5 Å². The van der Waals surface area contributed by atoms with Crippen LogP contribution in [0.15, 0.2) is 35.3 Å². The third-order valence-corrected chi connectivity index (χ3v) is 8.02. The summed E-state index contributed by atoms with van der Waals surface area (Å²) in [5.74, 6) is 0.619. The Kier molecular flexibility index (Phi) is 6.86. The van der Waals surface area contributed by atoms with Crippen molar-refractivity contribution in [3.05, 3.63) is 57.9 Å². The standard InChI is InChI=1S/C29H35N5O5/c1-29(2)25-23(32-28(29)36)13-18(15-30-25)8-9-34-26(24-5-4-11-39-24)31-22-14-19(6-7-21(22)27(34)35)33-10-12-38-20(16-33)17-37-3/h6-7,13-15,20,24H,4-5,8-12,16-17H2,1-3H3,(H,32,36)/t20-,24-/m1/s1. The van der Waals surface area contributed by atoms with Gasteiger partial charge in [-0.3, -0.25) is 19.1 Å². The van der Waals surface area contributed by atoms with Crippen molar-refractivity contribution in [2.45, 2.75) is 57.3 Å². The molecular weight excluding hydrogens is 498 g/mol. The highest BCUT2D eigenvalue weighted by atomic mass is 16.5. The van der Waals surface area contributed by atoms with Crippen LogP contribution in [0, 0.1) is 0 Å². The second-order valence-electron chi connectivity index (χ2n) is 11.1. The molecule has 3 aliphatic heterocycles. The van der Waals surface area contributed by atoms with Crippen LogP contribution in [0.25, 0.3) is 10.9 Å². The average molecular weight is 534 g/mol. The molecule has 0 unspecified atom stereocenters. The number of aromatic nitrogens is 3. The van der Waals surface area contributed by atoms with Gasteiger partial charge in [-0.25, -0.2) is 4.98 Å². The molecule has 39 heavy (non-hydrogen) atoms. The van der Waals surface area contributed by atoms with E-state index in [4.69, 9.17) is 19.2 Å². The number of anilines is 2. The smallest absolute Gasteiger partial charge is 0.261 e. The third kappa shape index (κ3) is 4.81. The predicted molar refractivity (Wildman–Crippen MR) is 147 cm³/mol. The van der Waals surface area contributed by atoms with E-state index in [9.17, 15) is 9.59 Å². The minimum absolute atomic E-state index is 0.0101. The Morgan fingerprint density at radius 3 is 2.85 bits per heavy atom. The van der Waals surface area contributed by atoms with Gasteiger partial charge in [0.1, 0.15) is 11.9 Å². The van der Waals surface area contributed by atoms with Gasteiger partial charge >= 0.3 is 0 Å². The van der Waals surface area contributed by atoms with Gasteiger partial charge in [-0.15, -0.1) is 0 Å². The van der Waals surface area contributed by atoms with Gasteiger partial charge in [-0.2, -0.15) is 0 Å². The largest absolute Gasteiger partial charge is 0.382 e. The number of ether oxygens (including phenoxy) is 3.